The zero-order chi connectivity index (χ0) is 15.0. The van der Waals surface area contributed by atoms with Gasteiger partial charge in [-0.2, -0.15) is 0 Å². The Labute approximate surface area is 121 Å². The van der Waals surface area contributed by atoms with Crippen LogP contribution in [0.15, 0.2) is 12.3 Å². The van der Waals surface area contributed by atoms with Gasteiger partial charge in [0.2, 0.25) is 0 Å². The van der Waals surface area contributed by atoms with Gasteiger partial charge in [0.1, 0.15) is 23.3 Å². The number of hydrogen-bond donors (Lipinski definition) is 1. The summed E-state index contributed by atoms with van der Waals surface area (Å²) in [4.78, 5) is 25.6. The average Bonchev–Trinajstić information content (AvgIpc) is 2.93. The number of ether oxygens (including phenoxy) is 1. The maximum atomic E-state index is 13.9. The number of nitrogens with zero attached hydrogens (tertiary/aromatic N) is 3. The third-order valence-corrected chi connectivity index (χ3v) is 3.80. The molecule has 1 aliphatic heterocycles. The molecule has 1 N–H and O–H groups in total. The first-order chi connectivity index (χ1) is 10.1. The summed E-state index contributed by atoms with van der Waals surface area (Å²) in [5.74, 6) is 0.249. The molecule has 0 aliphatic carbocycles. The zero-order valence-corrected chi connectivity index (χ0v) is 12.0. The Balaban J connectivity index is 1.89. The third-order valence-electron chi connectivity index (χ3n) is 3.80. The van der Waals surface area contributed by atoms with Gasteiger partial charge in [-0.1, -0.05) is 0 Å². The highest BCUT2D eigenvalue weighted by Gasteiger charge is 2.33. The minimum absolute atomic E-state index is 0.0340. The molecular formula is C14H17FN4O2. The largest absolute Gasteiger partial charge is 0.378 e. The SMILES string of the molecule is CO[C@@H]1CCN(C(=O)c2nc(C)nc3[nH]ccc23)C[C@@H]1F. The van der Waals surface area contributed by atoms with Crippen LogP contribution < -0.4 is 0 Å². The number of aromatic nitrogens is 3. The molecule has 0 saturated carbocycles. The van der Waals surface area contributed by atoms with E-state index in [4.69, 9.17) is 4.74 Å². The Bertz CT molecular complexity index is 672. The number of alkyl halides is 1. The second kappa shape index (κ2) is 5.40. The van der Waals surface area contributed by atoms with E-state index < -0.39 is 12.3 Å². The zero-order valence-electron chi connectivity index (χ0n) is 12.0. The molecule has 1 fully saturated rings. The number of nitrogens with one attached hydrogen (secondary N) is 1. The molecule has 2 atom stereocenters. The number of carbonyl (C=O) groups excluding carboxylic acids is 1. The van der Waals surface area contributed by atoms with Crippen LogP contribution >= 0.6 is 0 Å². The van der Waals surface area contributed by atoms with Crippen molar-refractivity contribution in [1.82, 2.24) is 19.9 Å². The number of rotatable bonds is 2. The fraction of sp³-hybridized carbons (Fsp3) is 0.500. The minimum atomic E-state index is -1.17. The summed E-state index contributed by atoms with van der Waals surface area (Å²) in [6.07, 6.45) is 0.597. The fourth-order valence-corrected chi connectivity index (χ4v) is 2.70. The van der Waals surface area contributed by atoms with E-state index in [1.165, 1.54) is 12.0 Å². The Hall–Kier alpha value is -2.02. The minimum Gasteiger partial charge on any atom is -0.378 e. The maximum Gasteiger partial charge on any atom is 0.273 e. The van der Waals surface area contributed by atoms with Crippen molar-refractivity contribution < 1.29 is 13.9 Å². The van der Waals surface area contributed by atoms with Crippen LogP contribution in [0.3, 0.4) is 0 Å². The highest BCUT2D eigenvalue weighted by molar-refractivity contribution is 6.03. The molecule has 0 radical (unpaired) electrons. The van der Waals surface area contributed by atoms with Crippen molar-refractivity contribution in [3.63, 3.8) is 0 Å². The van der Waals surface area contributed by atoms with Gasteiger partial charge in [0, 0.05) is 19.9 Å². The molecule has 21 heavy (non-hydrogen) atoms. The Morgan fingerprint density at radius 1 is 1.52 bits per heavy atom. The maximum absolute atomic E-state index is 13.9. The quantitative estimate of drug-likeness (QED) is 0.909. The van der Waals surface area contributed by atoms with Gasteiger partial charge < -0.3 is 14.6 Å². The van der Waals surface area contributed by atoms with Crippen LogP contribution in [-0.2, 0) is 4.74 Å². The molecule has 3 heterocycles. The standard InChI is InChI=1S/C14H17FN4O2/c1-8-17-12(9-3-5-16-13(9)18-8)14(20)19-6-4-11(21-2)10(15)7-19/h3,5,10-11H,4,6-7H2,1-2H3,(H,16,17,18)/t10-,11+/m0/s1. The number of halogens is 1. The van der Waals surface area contributed by atoms with Crippen LogP contribution in [0.4, 0.5) is 4.39 Å². The normalized spacial score (nSPS) is 22.7. The molecule has 2 aromatic rings. The van der Waals surface area contributed by atoms with Crippen LogP contribution in [0.5, 0.6) is 0 Å². The van der Waals surface area contributed by atoms with Gasteiger partial charge in [-0.05, 0) is 19.4 Å². The highest BCUT2D eigenvalue weighted by Crippen LogP contribution is 2.21. The molecule has 1 aliphatic rings. The van der Waals surface area contributed by atoms with Crippen molar-refractivity contribution >= 4 is 16.9 Å². The summed E-state index contributed by atoms with van der Waals surface area (Å²) in [6.45, 7) is 2.23. The van der Waals surface area contributed by atoms with E-state index in [2.05, 4.69) is 15.0 Å². The van der Waals surface area contributed by atoms with Crippen LogP contribution in [-0.4, -0.2) is 58.2 Å². The molecule has 3 rings (SSSR count). The lowest BCUT2D eigenvalue weighted by Gasteiger charge is -2.33. The van der Waals surface area contributed by atoms with E-state index in [1.807, 2.05) is 0 Å². The molecule has 112 valence electrons. The summed E-state index contributed by atoms with van der Waals surface area (Å²) in [7, 11) is 1.49. The number of H-pyrrole nitrogens is 1. The summed E-state index contributed by atoms with van der Waals surface area (Å²) < 4.78 is 19.0. The number of carbonyl (C=O) groups is 1. The molecule has 2 aromatic heterocycles. The van der Waals surface area contributed by atoms with Crippen molar-refractivity contribution in [3.05, 3.63) is 23.8 Å². The molecule has 0 unspecified atom stereocenters. The van der Waals surface area contributed by atoms with E-state index in [1.54, 1.807) is 19.2 Å². The van der Waals surface area contributed by atoms with Crippen LogP contribution in [0.2, 0.25) is 0 Å². The average molecular weight is 292 g/mol. The number of fused-ring (bicyclic) bond motifs is 1. The number of piperidine rings is 1. The molecule has 1 amide bonds. The van der Waals surface area contributed by atoms with Crippen molar-refractivity contribution in [1.29, 1.82) is 0 Å². The molecular weight excluding hydrogens is 275 g/mol. The van der Waals surface area contributed by atoms with E-state index in [9.17, 15) is 9.18 Å². The van der Waals surface area contributed by atoms with Gasteiger partial charge >= 0.3 is 0 Å². The van der Waals surface area contributed by atoms with Gasteiger partial charge in [-0.3, -0.25) is 4.79 Å². The highest BCUT2D eigenvalue weighted by atomic mass is 19.1. The molecule has 0 aromatic carbocycles. The number of aryl methyl sites for hydroxylation is 1. The monoisotopic (exact) mass is 292 g/mol. The molecule has 6 nitrogen and oxygen atoms in total. The van der Waals surface area contributed by atoms with Gasteiger partial charge in [0.15, 0.2) is 0 Å². The van der Waals surface area contributed by atoms with E-state index >= 15 is 0 Å². The van der Waals surface area contributed by atoms with E-state index in [-0.39, 0.29) is 12.5 Å². The van der Waals surface area contributed by atoms with Gasteiger partial charge in [0.05, 0.1) is 18.0 Å². The van der Waals surface area contributed by atoms with Gasteiger partial charge in [0.25, 0.3) is 5.91 Å². The Kier molecular flexibility index (Phi) is 3.59. The number of hydrogen-bond acceptors (Lipinski definition) is 4. The number of aromatic amines is 1. The second-order valence-electron chi connectivity index (χ2n) is 5.19. The van der Waals surface area contributed by atoms with Crippen LogP contribution in [0.25, 0.3) is 11.0 Å². The predicted octanol–water partition coefficient (Wildman–Crippen LogP) is 1.47. The van der Waals surface area contributed by atoms with Crippen molar-refractivity contribution in [3.8, 4) is 0 Å². The van der Waals surface area contributed by atoms with Crippen molar-refractivity contribution in [2.45, 2.75) is 25.6 Å². The lowest BCUT2D eigenvalue weighted by molar-refractivity contribution is -0.0175. The molecule has 1 saturated heterocycles. The molecule has 0 spiro atoms. The molecule has 0 bridgehead atoms. The van der Waals surface area contributed by atoms with E-state index in [0.29, 0.717) is 35.5 Å². The van der Waals surface area contributed by atoms with Crippen molar-refractivity contribution in [2.75, 3.05) is 20.2 Å². The van der Waals surface area contributed by atoms with E-state index in [0.717, 1.165) is 0 Å². The summed E-state index contributed by atoms with van der Waals surface area (Å²) in [5.41, 5.74) is 0.941. The topological polar surface area (TPSA) is 71.1 Å². The van der Waals surface area contributed by atoms with Crippen LogP contribution in [0.1, 0.15) is 22.7 Å². The van der Waals surface area contributed by atoms with Crippen molar-refractivity contribution in [2.24, 2.45) is 0 Å². The lowest BCUT2D eigenvalue weighted by Crippen LogP contribution is -2.48. The lowest BCUT2D eigenvalue weighted by atomic mass is 10.1. The summed E-state index contributed by atoms with van der Waals surface area (Å²) in [6, 6.07) is 1.76. The third kappa shape index (κ3) is 2.49. The summed E-state index contributed by atoms with van der Waals surface area (Å²) >= 11 is 0. The fourth-order valence-electron chi connectivity index (χ4n) is 2.70. The Morgan fingerprint density at radius 3 is 3.05 bits per heavy atom. The predicted molar refractivity (Wildman–Crippen MR) is 74.8 cm³/mol. The Morgan fingerprint density at radius 2 is 2.33 bits per heavy atom. The van der Waals surface area contributed by atoms with Crippen LogP contribution in [0, 0.1) is 6.92 Å². The molecule has 7 heteroatoms. The number of amides is 1. The van der Waals surface area contributed by atoms with Gasteiger partial charge in [-0.25, -0.2) is 14.4 Å². The number of likely N-dealkylation sites (tertiary alicyclic amines) is 1. The first-order valence-electron chi connectivity index (χ1n) is 6.88. The first-order valence-corrected chi connectivity index (χ1v) is 6.88. The second-order valence-corrected chi connectivity index (χ2v) is 5.19. The number of methoxy groups -OCH3 is 1. The smallest absolute Gasteiger partial charge is 0.273 e. The summed E-state index contributed by atoms with van der Waals surface area (Å²) in [5, 5.41) is 0.662. The first kappa shape index (κ1) is 13.9. The van der Waals surface area contributed by atoms with Gasteiger partial charge in [-0.15, -0.1) is 0 Å².